The zero-order chi connectivity index (χ0) is 36.1. The summed E-state index contributed by atoms with van der Waals surface area (Å²) in [5.74, 6) is -2.98. The Labute approximate surface area is 187 Å². The Hall–Kier alpha value is 1.11. The van der Waals surface area contributed by atoms with Gasteiger partial charge in [0.05, 0.1) is 0 Å². The van der Waals surface area contributed by atoms with Crippen LogP contribution in [0, 0.1) is 0 Å². The number of carboxylic acids is 1. The summed E-state index contributed by atoms with van der Waals surface area (Å²) in [6.45, 7) is -4.06. The largest absolute Gasteiger partial charge is 1.00 e. The molecule has 0 saturated carbocycles. The van der Waals surface area contributed by atoms with Crippen LogP contribution in [0.5, 0.6) is 0 Å². The first kappa shape index (κ1) is 2.85. The zero-order valence-corrected chi connectivity index (χ0v) is 11.9. The third-order valence-corrected chi connectivity index (χ3v) is 0.790. The molecule has 0 atom stereocenters. The van der Waals surface area contributed by atoms with Gasteiger partial charge in [-0.1, -0.05) is 70.6 Å². The van der Waals surface area contributed by atoms with E-state index < -0.39 is 89.3 Å². The van der Waals surface area contributed by atoms with Crippen LogP contribution < -0.4 is 56.5 Å². The summed E-state index contributed by atoms with van der Waals surface area (Å²) < 4.78 is 209. The topological polar surface area (TPSA) is 40.1 Å². The van der Waals surface area contributed by atoms with Gasteiger partial charge in [-0.3, -0.25) is 0 Å². The monoisotopic (exact) mass is 293 g/mol. The molecule has 0 bridgehead atoms. The zero-order valence-electron chi connectivity index (χ0n) is 35.8. The van der Waals surface area contributed by atoms with E-state index in [1.807, 2.05) is 0 Å². The second-order valence-electron chi connectivity index (χ2n) is 1.79. The molecule has 0 unspecified atom stereocenters. The van der Waals surface area contributed by atoms with Crippen LogP contribution in [0.2, 0.25) is 0 Å². The summed E-state index contributed by atoms with van der Waals surface area (Å²) in [5, 5.41) is 11.1. The van der Waals surface area contributed by atoms with Gasteiger partial charge in [-0.15, -0.1) is 0 Å². The molecule has 0 N–H and O–H groups in total. The number of carbonyl (C=O) groups excluding carboxylic acids is 1. The van der Waals surface area contributed by atoms with Gasteiger partial charge in [-0.2, -0.15) is 0 Å². The van der Waals surface area contributed by atoms with E-state index in [2.05, 4.69) is 0 Å². The molecule has 0 fully saturated rings. The van der Waals surface area contributed by atoms with Crippen molar-refractivity contribution in [3.8, 4) is 0 Å². The van der Waals surface area contributed by atoms with Crippen LogP contribution in [0.15, 0.2) is 0 Å². The summed E-state index contributed by atoms with van der Waals surface area (Å²) in [5.41, 5.74) is 0. The molecule has 0 amide bonds. The van der Waals surface area contributed by atoms with E-state index in [1.54, 1.807) is 0 Å². The average Bonchev–Trinajstić information content (AvgIpc) is 2.76. The molecule has 0 aromatic rings. The second kappa shape index (κ2) is 17.1. The maximum Gasteiger partial charge on any atom is 1.00 e. The Kier molecular flexibility index (Phi) is 2.87. The van der Waals surface area contributed by atoms with Gasteiger partial charge >= 0.3 is 51.4 Å². The molecule has 0 spiro atoms. The van der Waals surface area contributed by atoms with Gasteiger partial charge in [0.1, 0.15) is 0 Å². The van der Waals surface area contributed by atoms with Gasteiger partial charge in [0.15, 0.2) is 0 Å². The van der Waals surface area contributed by atoms with E-state index in [4.69, 9.17) is 37.0 Å². The van der Waals surface area contributed by atoms with Crippen molar-refractivity contribution in [1.82, 2.24) is 0 Å². The third kappa shape index (κ3) is 19.6. The quantitative estimate of drug-likeness (QED) is 0.490. The van der Waals surface area contributed by atoms with Crippen molar-refractivity contribution in [3.05, 3.63) is 0 Å². The van der Waals surface area contributed by atoms with E-state index in [0.29, 0.717) is 0 Å². The van der Waals surface area contributed by atoms with Crippen molar-refractivity contribution in [1.29, 1.82) is 0 Å². The van der Waals surface area contributed by atoms with Crippen LogP contribution in [-0.4, -0.2) is 5.97 Å². The molecule has 2 nitrogen and oxygen atoms in total. The summed E-state index contributed by atoms with van der Waals surface area (Å²) in [7, 11) is 0. The summed E-state index contributed by atoms with van der Waals surface area (Å²) in [6.07, 6.45) is -57.3. The Balaban J connectivity index is 0. The maximum absolute atomic E-state index is 11.1. The Morgan fingerprint density at radius 3 is 1.76 bits per heavy atom. The molecule has 0 saturated heterocycles. The van der Waals surface area contributed by atoms with Crippen LogP contribution in [0.4, 0.5) is 0 Å². The Morgan fingerprint density at radius 1 is 0.941 bits per heavy atom. The van der Waals surface area contributed by atoms with Crippen molar-refractivity contribution >= 4 is 5.97 Å². The fourth-order valence-corrected chi connectivity index (χ4v) is 0.364. The molecule has 0 aromatic heterocycles. The van der Waals surface area contributed by atoms with Crippen LogP contribution in [0.3, 0.4) is 0 Å². The second-order valence-corrected chi connectivity index (χ2v) is 1.79. The van der Waals surface area contributed by atoms with Gasteiger partial charge in [-0.05, 0) is 12.7 Å². The van der Waals surface area contributed by atoms with Gasteiger partial charge in [-0.25, -0.2) is 0 Å². The van der Waals surface area contributed by atoms with Gasteiger partial charge in [0.2, 0.25) is 0 Å². The van der Waals surface area contributed by atoms with Gasteiger partial charge < -0.3 is 9.90 Å². The Bertz CT molecular complexity index is 1070. The van der Waals surface area contributed by atoms with E-state index >= 15 is 0 Å². The fraction of sp³-hybridized carbons (Fsp3) is 0.929. The maximum atomic E-state index is 11.1. The summed E-state index contributed by atoms with van der Waals surface area (Å²) >= 11 is 0. The van der Waals surface area contributed by atoms with Crippen molar-refractivity contribution in [2.24, 2.45) is 0 Å². The number of rotatable bonds is 12. The summed E-state index contributed by atoms with van der Waals surface area (Å²) in [4.78, 5) is 11.1. The van der Waals surface area contributed by atoms with Crippen molar-refractivity contribution in [2.75, 3.05) is 0 Å². The fourth-order valence-electron chi connectivity index (χ4n) is 0.364. The molecule has 0 radical (unpaired) electrons. The molecule has 0 aliphatic rings. The molecule has 3 heteroatoms. The molecule has 96 valence electrons. The predicted octanol–water partition coefficient (Wildman–Crippen LogP) is 0.441. The SMILES string of the molecule is [2H]C([2H])([2H])C([2H])([2H])C([2H])([2H])C([2H])([2H])C([2H])([2H])C([2H])([2H])C([2H])([2H])C([2H])([2H])C([2H])([2H])C([2H])([2H])C([2H])([2H])C([2H])([2H])C([2H])([2H])C(=O)[O-].[K+]. The van der Waals surface area contributed by atoms with Crippen LogP contribution >= 0.6 is 0 Å². The first-order valence-electron chi connectivity index (χ1n) is 17.2. The number of aliphatic carboxylic acids is 1. The standard InChI is InChI=1S/C14H28O2.K/c1-2-3-4-5-6-7-8-9-10-11-12-13-14(15)16;/h2-13H2,1H3,(H,15,16);/q;+1/p-1/i1D3,2D2,3D2,4D2,5D2,6D2,7D2,8D2,9D2,10D2,11D2,12D2,13D2;. The van der Waals surface area contributed by atoms with E-state index in [0.717, 1.165) is 0 Å². The smallest absolute Gasteiger partial charge is 0.550 e. The first-order chi connectivity index (χ1) is 17.9. The molecule has 0 aliphatic carbocycles. The Morgan fingerprint density at radius 2 is 1.35 bits per heavy atom. The van der Waals surface area contributed by atoms with Gasteiger partial charge in [0.25, 0.3) is 0 Å². The van der Waals surface area contributed by atoms with Crippen LogP contribution in [0.1, 0.15) is 120 Å². The summed E-state index contributed by atoms with van der Waals surface area (Å²) in [6, 6.07) is 0. The molecule has 0 aromatic carbocycles. The number of carbonyl (C=O) groups is 1. The molecule has 0 aliphatic heterocycles. The molecule has 17 heavy (non-hydrogen) atoms. The minimum absolute atomic E-state index is 0. The minimum atomic E-state index is -5.00. The predicted molar refractivity (Wildman–Crippen MR) is 66.1 cm³/mol. The third-order valence-electron chi connectivity index (χ3n) is 0.790. The van der Waals surface area contributed by atoms with Gasteiger partial charge in [0, 0.05) is 43.0 Å². The number of carboxylic acid groups (broad SMARTS) is 1. The van der Waals surface area contributed by atoms with Crippen molar-refractivity contribution in [3.63, 3.8) is 0 Å². The van der Waals surface area contributed by atoms with E-state index in [1.165, 1.54) is 0 Å². The van der Waals surface area contributed by atoms with Crippen molar-refractivity contribution < 1.29 is 98.3 Å². The molecular weight excluding hydrogens is 239 g/mol. The van der Waals surface area contributed by atoms with E-state index in [9.17, 15) is 9.90 Å². The number of hydrogen-bond donors (Lipinski definition) is 0. The van der Waals surface area contributed by atoms with Crippen molar-refractivity contribution in [2.45, 2.75) is 83.3 Å². The molecular formula is C14H27KO2. The van der Waals surface area contributed by atoms with Crippen LogP contribution in [0.25, 0.3) is 0 Å². The normalized spacial score (nSPS) is 44.4. The van der Waals surface area contributed by atoms with Crippen LogP contribution in [-0.2, 0) is 4.79 Å². The molecule has 0 rings (SSSR count). The average molecular weight is 294 g/mol. The minimum Gasteiger partial charge on any atom is -0.550 e. The molecule has 0 heterocycles. The number of hydrogen-bond acceptors (Lipinski definition) is 2. The van der Waals surface area contributed by atoms with E-state index in [-0.39, 0.29) is 51.4 Å². The first-order valence-corrected chi connectivity index (χ1v) is 3.66.